The fourth-order valence-electron chi connectivity index (χ4n) is 2.10. The predicted octanol–water partition coefficient (Wildman–Crippen LogP) is 1.69. The zero-order valence-corrected chi connectivity index (χ0v) is 13.5. The third-order valence-corrected chi connectivity index (χ3v) is 3.24. The molecule has 0 fully saturated rings. The molecule has 7 nitrogen and oxygen atoms in total. The van der Waals surface area contributed by atoms with Crippen LogP contribution >= 0.6 is 0 Å². The normalized spacial score (nSPS) is 12.6. The number of nitrogens with one attached hydrogen (secondary N) is 1. The Morgan fingerprint density at radius 2 is 2.04 bits per heavy atom. The van der Waals surface area contributed by atoms with E-state index in [4.69, 9.17) is 16.2 Å². The van der Waals surface area contributed by atoms with Crippen molar-refractivity contribution in [2.45, 2.75) is 19.6 Å². The summed E-state index contributed by atoms with van der Waals surface area (Å²) < 4.78 is 5.47. The van der Waals surface area contributed by atoms with Crippen molar-refractivity contribution in [1.29, 1.82) is 0 Å². The van der Waals surface area contributed by atoms with Crippen molar-refractivity contribution < 1.29 is 9.53 Å². The number of carbonyl (C=O) groups excluding carboxylic acids is 1. The van der Waals surface area contributed by atoms with Crippen LogP contribution in [0.5, 0.6) is 0 Å². The summed E-state index contributed by atoms with van der Waals surface area (Å²) in [6, 6.07) is 10.8. The molecule has 0 spiro atoms. The first-order chi connectivity index (χ1) is 11.5. The molecule has 2 rings (SSSR count). The van der Waals surface area contributed by atoms with Crippen LogP contribution in [0.3, 0.4) is 0 Å². The number of rotatable bonds is 7. The number of amides is 2. The number of nitrogens with zero attached hydrogens (tertiary/aromatic N) is 2. The van der Waals surface area contributed by atoms with E-state index >= 15 is 0 Å². The first-order valence-corrected chi connectivity index (χ1v) is 7.55. The molecule has 1 aromatic carbocycles. The van der Waals surface area contributed by atoms with Gasteiger partial charge in [-0.2, -0.15) is 0 Å². The van der Waals surface area contributed by atoms with E-state index in [9.17, 15) is 4.79 Å². The Morgan fingerprint density at radius 1 is 1.29 bits per heavy atom. The zero-order valence-electron chi connectivity index (χ0n) is 13.5. The average Bonchev–Trinajstić information content (AvgIpc) is 2.55. The molecule has 0 radical (unpaired) electrons. The Morgan fingerprint density at radius 3 is 2.75 bits per heavy atom. The highest BCUT2D eigenvalue weighted by atomic mass is 16.5. The quantitative estimate of drug-likeness (QED) is 0.407. The Balaban J connectivity index is 1.96. The van der Waals surface area contributed by atoms with Gasteiger partial charge in [0.15, 0.2) is 0 Å². The molecule has 1 aromatic heterocycles. The van der Waals surface area contributed by atoms with Crippen LogP contribution in [0.1, 0.15) is 18.1 Å². The smallest absolute Gasteiger partial charge is 0.314 e. The second kappa shape index (κ2) is 8.64. The molecular weight excluding hydrogens is 306 g/mol. The summed E-state index contributed by atoms with van der Waals surface area (Å²) >= 11 is 0. The Hall–Kier alpha value is -2.93. The van der Waals surface area contributed by atoms with E-state index in [1.54, 1.807) is 31.5 Å². The summed E-state index contributed by atoms with van der Waals surface area (Å²) in [6.45, 7) is 2.17. The number of aromatic nitrogens is 1. The summed E-state index contributed by atoms with van der Waals surface area (Å²) in [7, 11) is 0. The lowest BCUT2D eigenvalue weighted by molar-refractivity contribution is 0.0530. The molecule has 1 heterocycles. The molecule has 126 valence electrons. The van der Waals surface area contributed by atoms with Crippen LogP contribution in [0.2, 0.25) is 0 Å². The number of nitrogens with two attached hydrogens (primary N) is 2. The van der Waals surface area contributed by atoms with E-state index in [0.29, 0.717) is 18.9 Å². The van der Waals surface area contributed by atoms with Crippen LogP contribution in [-0.2, 0) is 11.2 Å². The molecule has 1 unspecified atom stereocenters. The Labute approximate surface area is 140 Å². The van der Waals surface area contributed by atoms with Crippen LogP contribution in [-0.4, -0.2) is 29.7 Å². The van der Waals surface area contributed by atoms with Gasteiger partial charge in [0.25, 0.3) is 0 Å². The minimum Gasteiger partial charge on any atom is -0.383 e. The number of ether oxygens (including phenoxy) is 1. The third-order valence-electron chi connectivity index (χ3n) is 3.24. The maximum Gasteiger partial charge on any atom is 0.314 e. The van der Waals surface area contributed by atoms with Crippen LogP contribution < -0.4 is 16.8 Å². The van der Waals surface area contributed by atoms with Crippen LogP contribution in [0.4, 0.5) is 10.5 Å². The first-order valence-electron chi connectivity index (χ1n) is 7.55. The van der Waals surface area contributed by atoms with Gasteiger partial charge in [-0.3, -0.25) is 4.98 Å². The zero-order chi connectivity index (χ0) is 17.4. The number of hydrogen-bond donors (Lipinski definition) is 3. The average molecular weight is 327 g/mol. The molecule has 5 N–H and O–H groups in total. The van der Waals surface area contributed by atoms with Gasteiger partial charge >= 0.3 is 6.03 Å². The third kappa shape index (κ3) is 5.69. The second-order valence-electron chi connectivity index (χ2n) is 5.17. The second-order valence-corrected chi connectivity index (χ2v) is 5.17. The summed E-state index contributed by atoms with van der Waals surface area (Å²) in [5.74, 6) is 0.438. The summed E-state index contributed by atoms with van der Waals surface area (Å²) in [4.78, 5) is 19.0. The molecule has 2 amide bonds. The van der Waals surface area contributed by atoms with Gasteiger partial charge in [0.2, 0.25) is 0 Å². The minimum atomic E-state index is -0.607. The molecule has 0 saturated heterocycles. The molecule has 0 aliphatic heterocycles. The summed E-state index contributed by atoms with van der Waals surface area (Å²) in [5, 5.41) is 2.46. The van der Waals surface area contributed by atoms with Crippen molar-refractivity contribution in [3.05, 3.63) is 59.9 Å². The van der Waals surface area contributed by atoms with Gasteiger partial charge in [0.1, 0.15) is 12.1 Å². The SMILES string of the molecule is CC(NC(N)=O)OCCc1cccc(C(N)=Nc2ccncc2)c1. The fraction of sp³-hybridized carbons (Fsp3) is 0.235. The molecule has 7 heteroatoms. The molecule has 0 saturated carbocycles. The monoisotopic (exact) mass is 327 g/mol. The van der Waals surface area contributed by atoms with Gasteiger partial charge in [0, 0.05) is 18.0 Å². The highest BCUT2D eigenvalue weighted by molar-refractivity contribution is 5.99. The molecule has 24 heavy (non-hydrogen) atoms. The van der Waals surface area contributed by atoms with Gasteiger partial charge < -0.3 is 21.5 Å². The van der Waals surface area contributed by atoms with Crippen molar-refractivity contribution in [1.82, 2.24) is 10.3 Å². The van der Waals surface area contributed by atoms with Gasteiger partial charge in [0.05, 0.1) is 12.3 Å². The van der Waals surface area contributed by atoms with E-state index in [1.807, 2.05) is 24.3 Å². The number of aliphatic imine (C=N–C) groups is 1. The van der Waals surface area contributed by atoms with Crippen molar-refractivity contribution in [2.75, 3.05) is 6.61 Å². The van der Waals surface area contributed by atoms with Gasteiger partial charge in [-0.1, -0.05) is 18.2 Å². The van der Waals surface area contributed by atoms with Crippen molar-refractivity contribution >= 4 is 17.6 Å². The van der Waals surface area contributed by atoms with Crippen molar-refractivity contribution in [3.63, 3.8) is 0 Å². The lowest BCUT2D eigenvalue weighted by Crippen LogP contribution is -2.38. The molecule has 0 aliphatic rings. The summed E-state index contributed by atoms with van der Waals surface area (Å²) in [6.07, 6.45) is 3.59. The van der Waals surface area contributed by atoms with Crippen LogP contribution in [0.15, 0.2) is 53.8 Å². The van der Waals surface area contributed by atoms with E-state index < -0.39 is 12.3 Å². The largest absolute Gasteiger partial charge is 0.383 e. The number of primary amides is 1. The molecule has 0 aliphatic carbocycles. The minimum absolute atomic E-state index is 0.427. The Bertz CT molecular complexity index is 703. The topological polar surface area (TPSA) is 116 Å². The highest BCUT2D eigenvalue weighted by Crippen LogP contribution is 2.12. The van der Waals surface area contributed by atoms with Crippen molar-refractivity contribution in [2.24, 2.45) is 16.5 Å². The Kier molecular flexibility index (Phi) is 6.27. The van der Waals surface area contributed by atoms with E-state index in [0.717, 1.165) is 16.8 Å². The number of carbonyl (C=O) groups is 1. The maximum absolute atomic E-state index is 10.7. The number of benzene rings is 1. The molecule has 0 bridgehead atoms. The number of amidine groups is 1. The van der Waals surface area contributed by atoms with Crippen LogP contribution in [0, 0.1) is 0 Å². The molecule has 1 atom stereocenters. The first kappa shape index (κ1) is 17.4. The fourth-order valence-corrected chi connectivity index (χ4v) is 2.10. The van der Waals surface area contributed by atoms with Gasteiger partial charge in [-0.15, -0.1) is 0 Å². The number of pyridine rings is 1. The van der Waals surface area contributed by atoms with Crippen molar-refractivity contribution in [3.8, 4) is 0 Å². The van der Waals surface area contributed by atoms with E-state index in [1.165, 1.54) is 0 Å². The molecule has 2 aromatic rings. The van der Waals surface area contributed by atoms with Crippen LogP contribution in [0.25, 0.3) is 0 Å². The van der Waals surface area contributed by atoms with E-state index in [-0.39, 0.29) is 0 Å². The molecular formula is C17H21N5O2. The maximum atomic E-state index is 10.7. The standard InChI is InChI=1S/C17H21N5O2/c1-12(21-17(19)23)24-10-7-13-3-2-4-14(11-13)16(18)22-15-5-8-20-9-6-15/h2-6,8-9,11-12H,7,10H2,1H3,(H2,18,20,22)(H3,19,21,23). The summed E-state index contributed by atoms with van der Waals surface area (Å²) in [5.41, 5.74) is 13.8. The lowest BCUT2D eigenvalue weighted by atomic mass is 10.1. The number of hydrogen-bond acceptors (Lipinski definition) is 4. The lowest BCUT2D eigenvalue weighted by Gasteiger charge is -2.13. The predicted molar refractivity (Wildman–Crippen MR) is 92.9 cm³/mol. The van der Waals surface area contributed by atoms with Gasteiger partial charge in [-0.25, -0.2) is 9.79 Å². The van der Waals surface area contributed by atoms with E-state index in [2.05, 4.69) is 15.3 Å². The number of urea groups is 1. The van der Waals surface area contributed by atoms with Gasteiger partial charge in [-0.05, 0) is 37.1 Å². The highest BCUT2D eigenvalue weighted by Gasteiger charge is 2.05.